The molecule has 0 aromatic heterocycles. The summed E-state index contributed by atoms with van der Waals surface area (Å²) in [7, 11) is 0. The van der Waals surface area contributed by atoms with E-state index in [1.54, 1.807) is 11.1 Å². The van der Waals surface area contributed by atoms with Gasteiger partial charge in [-0.15, -0.1) is 0 Å². The number of fused-ring (bicyclic) bond motifs is 1. The molecule has 0 heterocycles. The lowest BCUT2D eigenvalue weighted by Crippen LogP contribution is -2.08. The van der Waals surface area contributed by atoms with Gasteiger partial charge in [0.25, 0.3) is 0 Å². The zero-order chi connectivity index (χ0) is 10.2. The molecule has 1 atom stereocenters. The van der Waals surface area contributed by atoms with E-state index in [0.29, 0.717) is 11.3 Å². The molecule has 0 aromatic rings. The average molecular weight is 188 g/mol. The Kier molecular flexibility index (Phi) is 2.38. The van der Waals surface area contributed by atoms with Crippen LogP contribution in [0.2, 0.25) is 0 Å². The van der Waals surface area contributed by atoms with E-state index < -0.39 is 0 Å². The summed E-state index contributed by atoms with van der Waals surface area (Å²) in [5.74, 6) is 0.667. The highest BCUT2D eigenvalue weighted by atomic mass is 14.3. The second kappa shape index (κ2) is 3.42. The van der Waals surface area contributed by atoms with Crippen LogP contribution in [0.4, 0.5) is 0 Å². The smallest absolute Gasteiger partial charge is 0.0193 e. The maximum Gasteiger partial charge on any atom is 0.0193 e. The molecule has 0 amide bonds. The van der Waals surface area contributed by atoms with Gasteiger partial charge in [0.05, 0.1) is 0 Å². The first kappa shape index (κ1) is 9.76. The lowest BCUT2D eigenvalue weighted by Gasteiger charge is -2.20. The van der Waals surface area contributed by atoms with E-state index in [1.165, 1.54) is 19.3 Å². The molecule has 0 bridgehead atoms. The highest BCUT2D eigenvalue weighted by Gasteiger charge is 2.26. The number of hydrogen-bond acceptors (Lipinski definition) is 0. The molecule has 0 aliphatic heterocycles. The van der Waals surface area contributed by atoms with Gasteiger partial charge in [0.15, 0.2) is 0 Å². The lowest BCUT2D eigenvalue weighted by atomic mass is 9.85. The summed E-state index contributed by atoms with van der Waals surface area (Å²) in [4.78, 5) is 0. The Morgan fingerprint density at radius 3 is 2.93 bits per heavy atom. The predicted molar refractivity (Wildman–Crippen MR) is 62.1 cm³/mol. The van der Waals surface area contributed by atoms with Gasteiger partial charge in [0.2, 0.25) is 0 Å². The summed E-state index contributed by atoms with van der Waals surface area (Å²) in [6.07, 6.45) is 13.2. The van der Waals surface area contributed by atoms with Crippen LogP contribution in [0.1, 0.15) is 40.0 Å². The van der Waals surface area contributed by atoms with E-state index >= 15 is 0 Å². The fraction of sp³-hybridized carbons (Fsp3) is 0.571. The van der Waals surface area contributed by atoms with Crippen molar-refractivity contribution in [3.05, 3.63) is 35.5 Å². The van der Waals surface area contributed by atoms with Crippen LogP contribution in [-0.4, -0.2) is 0 Å². The first-order chi connectivity index (χ1) is 6.62. The summed E-state index contributed by atoms with van der Waals surface area (Å²) in [6, 6.07) is 0. The third-order valence-corrected chi connectivity index (χ3v) is 3.57. The van der Waals surface area contributed by atoms with Gasteiger partial charge in [-0.2, -0.15) is 0 Å². The molecule has 2 rings (SSSR count). The fourth-order valence-electron chi connectivity index (χ4n) is 2.29. The van der Waals surface area contributed by atoms with Crippen LogP contribution in [0.5, 0.6) is 0 Å². The molecular formula is C14H20. The molecule has 0 spiro atoms. The van der Waals surface area contributed by atoms with Crippen LogP contribution in [0, 0.1) is 11.3 Å². The lowest BCUT2D eigenvalue weighted by molar-refractivity contribution is 0.456. The summed E-state index contributed by atoms with van der Waals surface area (Å²) >= 11 is 0. The first-order valence-corrected chi connectivity index (χ1v) is 5.69. The molecular weight excluding hydrogens is 168 g/mol. The summed E-state index contributed by atoms with van der Waals surface area (Å²) in [6.45, 7) is 6.93. The molecule has 0 aromatic carbocycles. The van der Waals surface area contributed by atoms with Gasteiger partial charge in [-0.25, -0.2) is 0 Å². The molecule has 14 heavy (non-hydrogen) atoms. The van der Waals surface area contributed by atoms with Crippen molar-refractivity contribution in [2.24, 2.45) is 11.3 Å². The molecule has 0 radical (unpaired) electrons. The average Bonchev–Trinajstić information content (AvgIpc) is 2.70. The van der Waals surface area contributed by atoms with Crippen molar-refractivity contribution < 1.29 is 0 Å². The molecule has 0 fully saturated rings. The van der Waals surface area contributed by atoms with Crippen LogP contribution >= 0.6 is 0 Å². The summed E-state index contributed by atoms with van der Waals surface area (Å²) in [5, 5.41) is 0. The molecule has 2 aliphatic carbocycles. The van der Waals surface area contributed by atoms with Crippen molar-refractivity contribution in [2.75, 3.05) is 0 Å². The molecule has 76 valence electrons. The fourth-order valence-corrected chi connectivity index (χ4v) is 2.29. The molecule has 1 unspecified atom stereocenters. The Morgan fingerprint density at radius 2 is 2.21 bits per heavy atom. The van der Waals surface area contributed by atoms with Gasteiger partial charge in [0, 0.05) is 5.92 Å². The Balaban J connectivity index is 2.18. The molecule has 0 heteroatoms. The van der Waals surface area contributed by atoms with Crippen molar-refractivity contribution in [2.45, 2.75) is 40.0 Å². The largest absolute Gasteiger partial charge is 0.0835 e. The van der Waals surface area contributed by atoms with E-state index in [-0.39, 0.29) is 0 Å². The quantitative estimate of drug-likeness (QED) is 0.568. The standard InChI is InChI=1S/C14H20/c1-4-14(2,3)10-12-9-8-11-6-5-7-13(11)12/h5,7-8,10,13H,4,6,9H2,1-3H3/b12-10-. The second-order valence-corrected chi connectivity index (χ2v) is 5.15. The van der Waals surface area contributed by atoms with Crippen LogP contribution < -0.4 is 0 Å². The maximum absolute atomic E-state index is 2.50. The predicted octanol–water partition coefficient (Wildman–Crippen LogP) is 4.26. The Bertz CT molecular complexity index is 313. The monoisotopic (exact) mass is 188 g/mol. The minimum absolute atomic E-state index is 0.370. The second-order valence-electron chi connectivity index (χ2n) is 5.15. The number of rotatable bonds is 2. The Hall–Kier alpha value is -0.780. The van der Waals surface area contributed by atoms with E-state index in [0.717, 1.165) is 0 Å². The van der Waals surface area contributed by atoms with E-state index in [9.17, 15) is 0 Å². The van der Waals surface area contributed by atoms with Crippen molar-refractivity contribution in [3.63, 3.8) is 0 Å². The SMILES string of the molecule is CCC(C)(C)/C=C1/CC=C2CC=CC21. The Labute approximate surface area is 87.4 Å². The van der Waals surface area contributed by atoms with Crippen molar-refractivity contribution in [1.82, 2.24) is 0 Å². The minimum atomic E-state index is 0.370. The van der Waals surface area contributed by atoms with E-state index in [1.807, 2.05) is 0 Å². The highest BCUT2D eigenvalue weighted by molar-refractivity contribution is 5.41. The first-order valence-electron chi connectivity index (χ1n) is 5.69. The zero-order valence-corrected chi connectivity index (χ0v) is 9.51. The molecule has 2 aliphatic rings. The van der Waals surface area contributed by atoms with Crippen molar-refractivity contribution in [1.29, 1.82) is 0 Å². The third kappa shape index (κ3) is 1.70. The topological polar surface area (TPSA) is 0 Å². The number of hydrogen-bond donors (Lipinski definition) is 0. The van der Waals surface area contributed by atoms with Gasteiger partial charge in [-0.1, -0.05) is 56.2 Å². The van der Waals surface area contributed by atoms with Gasteiger partial charge in [-0.05, 0) is 24.7 Å². The van der Waals surface area contributed by atoms with Gasteiger partial charge >= 0.3 is 0 Å². The van der Waals surface area contributed by atoms with Gasteiger partial charge < -0.3 is 0 Å². The molecule has 0 nitrogen and oxygen atoms in total. The van der Waals surface area contributed by atoms with E-state index in [4.69, 9.17) is 0 Å². The minimum Gasteiger partial charge on any atom is -0.0835 e. The molecule has 0 saturated carbocycles. The highest BCUT2D eigenvalue weighted by Crippen LogP contribution is 2.40. The van der Waals surface area contributed by atoms with Crippen molar-refractivity contribution >= 4 is 0 Å². The van der Waals surface area contributed by atoms with Crippen LogP contribution in [0.15, 0.2) is 35.5 Å². The Morgan fingerprint density at radius 1 is 1.43 bits per heavy atom. The normalized spacial score (nSPS) is 28.4. The molecule has 0 saturated heterocycles. The van der Waals surface area contributed by atoms with Crippen LogP contribution in [-0.2, 0) is 0 Å². The maximum atomic E-state index is 2.50. The van der Waals surface area contributed by atoms with Gasteiger partial charge in [-0.3, -0.25) is 0 Å². The summed E-state index contributed by atoms with van der Waals surface area (Å²) < 4.78 is 0. The summed E-state index contributed by atoms with van der Waals surface area (Å²) in [5.41, 5.74) is 3.62. The molecule has 0 N–H and O–H groups in total. The number of allylic oxidation sites excluding steroid dienone is 6. The zero-order valence-electron chi connectivity index (χ0n) is 9.51. The van der Waals surface area contributed by atoms with Gasteiger partial charge in [0.1, 0.15) is 0 Å². The van der Waals surface area contributed by atoms with Crippen LogP contribution in [0.3, 0.4) is 0 Å². The van der Waals surface area contributed by atoms with E-state index in [2.05, 4.69) is 45.1 Å². The third-order valence-electron chi connectivity index (χ3n) is 3.57. The van der Waals surface area contributed by atoms with Crippen molar-refractivity contribution in [3.8, 4) is 0 Å². The van der Waals surface area contributed by atoms with Crippen LogP contribution in [0.25, 0.3) is 0 Å².